The topological polar surface area (TPSA) is 74.7 Å². The highest BCUT2D eigenvalue weighted by Gasteiger charge is 2.50. The zero-order valence-electron chi connectivity index (χ0n) is 11.6. The molecule has 1 atom stereocenters. The molecule has 1 unspecified atom stereocenters. The number of carbonyl (C=O) groups excluding carboxylic acids is 2. The molecule has 0 spiro atoms. The molecule has 1 aromatic carbocycles. The number of carboxylic acid groups (broad SMARTS) is 1. The summed E-state index contributed by atoms with van der Waals surface area (Å²) >= 11 is 0. The molecule has 0 bridgehead atoms. The van der Waals surface area contributed by atoms with Gasteiger partial charge in [-0.3, -0.25) is 19.3 Å². The van der Waals surface area contributed by atoms with Crippen LogP contribution in [0.15, 0.2) is 43.0 Å². The van der Waals surface area contributed by atoms with Crippen molar-refractivity contribution in [1.29, 1.82) is 0 Å². The van der Waals surface area contributed by atoms with E-state index >= 15 is 0 Å². The van der Waals surface area contributed by atoms with E-state index in [4.69, 9.17) is 0 Å². The molecule has 1 saturated heterocycles. The summed E-state index contributed by atoms with van der Waals surface area (Å²) < 4.78 is 0. The average molecular weight is 287 g/mol. The van der Waals surface area contributed by atoms with Crippen LogP contribution in [0.3, 0.4) is 0 Å². The molecule has 2 rings (SSSR count). The van der Waals surface area contributed by atoms with Crippen molar-refractivity contribution in [1.82, 2.24) is 4.90 Å². The van der Waals surface area contributed by atoms with Gasteiger partial charge in [-0.2, -0.15) is 0 Å². The fourth-order valence-electron chi connectivity index (χ4n) is 2.66. The minimum absolute atomic E-state index is 0.0275. The number of imide groups is 1. The minimum atomic E-state index is -1.57. The molecule has 1 aromatic rings. The second kappa shape index (κ2) is 5.91. The SMILES string of the molecule is C=CCC1(C(=O)O)CCCN(C(=O)c2ccccc2)C1=O. The summed E-state index contributed by atoms with van der Waals surface area (Å²) in [4.78, 5) is 37.6. The molecule has 21 heavy (non-hydrogen) atoms. The number of hydrogen-bond donors (Lipinski definition) is 1. The number of carbonyl (C=O) groups is 3. The lowest BCUT2D eigenvalue weighted by atomic mass is 9.76. The first-order valence-electron chi connectivity index (χ1n) is 6.78. The Balaban J connectivity index is 2.33. The lowest BCUT2D eigenvalue weighted by Crippen LogP contribution is -2.54. The van der Waals surface area contributed by atoms with Crippen molar-refractivity contribution in [3.8, 4) is 0 Å². The molecule has 0 aromatic heterocycles. The maximum atomic E-state index is 12.6. The highest BCUT2D eigenvalue weighted by Crippen LogP contribution is 2.36. The Morgan fingerprint density at radius 3 is 2.57 bits per heavy atom. The highest BCUT2D eigenvalue weighted by atomic mass is 16.4. The van der Waals surface area contributed by atoms with E-state index in [1.54, 1.807) is 30.3 Å². The zero-order chi connectivity index (χ0) is 15.5. The van der Waals surface area contributed by atoms with Crippen molar-refractivity contribution in [3.63, 3.8) is 0 Å². The van der Waals surface area contributed by atoms with Crippen molar-refractivity contribution >= 4 is 17.8 Å². The van der Waals surface area contributed by atoms with E-state index in [-0.39, 0.29) is 19.4 Å². The van der Waals surface area contributed by atoms with Crippen LogP contribution in [-0.2, 0) is 9.59 Å². The monoisotopic (exact) mass is 287 g/mol. The van der Waals surface area contributed by atoms with Crippen LogP contribution in [0, 0.1) is 5.41 Å². The fraction of sp³-hybridized carbons (Fsp3) is 0.312. The Bertz CT molecular complexity index is 581. The lowest BCUT2D eigenvalue weighted by Gasteiger charge is -2.37. The Labute approximate surface area is 122 Å². The number of aliphatic carboxylic acids is 1. The van der Waals surface area contributed by atoms with Gasteiger partial charge in [-0.05, 0) is 31.4 Å². The van der Waals surface area contributed by atoms with E-state index in [0.29, 0.717) is 12.0 Å². The van der Waals surface area contributed by atoms with Crippen molar-refractivity contribution in [2.24, 2.45) is 5.41 Å². The van der Waals surface area contributed by atoms with E-state index in [1.807, 2.05) is 0 Å². The van der Waals surface area contributed by atoms with Crippen LogP contribution in [0.4, 0.5) is 0 Å². The van der Waals surface area contributed by atoms with Crippen LogP contribution in [0.1, 0.15) is 29.6 Å². The fourth-order valence-corrected chi connectivity index (χ4v) is 2.66. The van der Waals surface area contributed by atoms with E-state index < -0.39 is 23.2 Å². The summed E-state index contributed by atoms with van der Waals surface area (Å²) in [5, 5.41) is 9.45. The van der Waals surface area contributed by atoms with Crippen LogP contribution >= 0.6 is 0 Å². The Kier molecular flexibility index (Phi) is 4.21. The summed E-state index contributed by atoms with van der Waals surface area (Å²) in [5.74, 6) is -2.29. The van der Waals surface area contributed by atoms with Crippen LogP contribution < -0.4 is 0 Å². The largest absolute Gasteiger partial charge is 0.480 e. The van der Waals surface area contributed by atoms with Gasteiger partial charge in [-0.25, -0.2) is 0 Å². The number of likely N-dealkylation sites (tertiary alicyclic amines) is 1. The Hall–Kier alpha value is -2.43. The van der Waals surface area contributed by atoms with E-state index in [1.165, 1.54) is 6.08 Å². The summed E-state index contributed by atoms with van der Waals surface area (Å²) in [6.07, 6.45) is 2.15. The molecule has 1 aliphatic heterocycles. The van der Waals surface area contributed by atoms with E-state index in [2.05, 4.69) is 6.58 Å². The first-order valence-corrected chi connectivity index (χ1v) is 6.78. The molecular weight excluding hydrogens is 270 g/mol. The minimum Gasteiger partial charge on any atom is -0.480 e. The van der Waals surface area contributed by atoms with Gasteiger partial charge < -0.3 is 5.11 Å². The van der Waals surface area contributed by atoms with Crippen molar-refractivity contribution in [2.75, 3.05) is 6.54 Å². The number of hydrogen-bond acceptors (Lipinski definition) is 3. The van der Waals surface area contributed by atoms with Crippen molar-refractivity contribution in [2.45, 2.75) is 19.3 Å². The maximum absolute atomic E-state index is 12.6. The highest BCUT2D eigenvalue weighted by molar-refractivity contribution is 6.12. The van der Waals surface area contributed by atoms with Gasteiger partial charge in [0.15, 0.2) is 5.41 Å². The second-order valence-electron chi connectivity index (χ2n) is 5.11. The van der Waals surface area contributed by atoms with Gasteiger partial charge in [0.2, 0.25) is 5.91 Å². The Morgan fingerprint density at radius 1 is 1.33 bits per heavy atom. The van der Waals surface area contributed by atoms with Crippen LogP contribution in [-0.4, -0.2) is 34.3 Å². The number of benzene rings is 1. The third-order valence-corrected chi connectivity index (χ3v) is 3.81. The van der Waals surface area contributed by atoms with Gasteiger partial charge >= 0.3 is 5.97 Å². The van der Waals surface area contributed by atoms with Gasteiger partial charge in [0.1, 0.15) is 0 Å². The molecule has 5 heteroatoms. The summed E-state index contributed by atoms with van der Waals surface area (Å²) in [5.41, 5.74) is -1.18. The molecule has 0 saturated carbocycles. The van der Waals surface area contributed by atoms with Crippen LogP contribution in [0.25, 0.3) is 0 Å². The van der Waals surface area contributed by atoms with Gasteiger partial charge in [0, 0.05) is 12.1 Å². The first kappa shape index (κ1) is 15.0. The number of nitrogens with zero attached hydrogens (tertiary/aromatic N) is 1. The number of piperidine rings is 1. The van der Waals surface area contributed by atoms with E-state index in [0.717, 1.165) is 4.90 Å². The van der Waals surface area contributed by atoms with Crippen molar-refractivity contribution in [3.05, 3.63) is 48.6 Å². The number of rotatable bonds is 4. The normalized spacial score (nSPS) is 21.9. The zero-order valence-corrected chi connectivity index (χ0v) is 11.6. The quantitative estimate of drug-likeness (QED) is 0.523. The molecule has 1 N–H and O–H groups in total. The molecule has 5 nitrogen and oxygen atoms in total. The molecule has 0 aliphatic carbocycles. The molecule has 0 radical (unpaired) electrons. The summed E-state index contributed by atoms with van der Waals surface area (Å²) in [7, 11) is 0. The van der Waals surface area contributed by atoms with Crippen LogP contribution in [0.2, 0.25) is 0 Å². The molecule has 1 aliphatic rings. The molecule has 110 valence electrons. The smallest absolute Gasteiger partial charge is 0.319 e. The maximum Gasteiger partial charge on any atom is 0.319 e. The summed E-state index contributed by atoms with van der Waals surface area (Å²) in [6.45, 7) is 3.77. The Morgan fingerprint density at radius 2 is 2.00 bits per heavy atom. The third-order valence-electron chi connectivity index (χ3n) is 3.81. The molecule has 2 amide bonds. The predicted molar refractivity (Wildman–Crippen MR) is 76.6 cm³/mol. The number of carboxylic acids is 1. The second-order valence-corrected chi connectivity index (χ2v) is 5.11. The summed E-state index contributed by atoms with van der Waals surface area (Å²) in [6, 6.07) is 8.40. The third kappa shape index (κ3) is 2.59. The molecular formula is C16H17NO4. The predicted octanol–water partition coefficient (Wildman–Crippen LogP) is 2.10. The average Bonchev–Trinajstić information content (AvgIpc) is 2.49. The molecule has 1 fully saturated rings. The van der Waals surface area contributed by atoms with Gasteiger partial charge in [-0.1, -0.05) is 24.3 Å². The lowest BCUT2D eigenvalue weighted by molar-refractivity contribution is -0.162. The van der Waals surface area contributed by atoms with Crippen molar-refractivity contribution < 1.29 is 19.5 Å². The van der Waals surface area contributed by atoms with E-state index in [9.17, 15) is 19.5 Å². The van der Waals surface area contributed by atoms with Gasteiger partial charge in [0.25, 0.3) is 5.91 Å². The van der Waals surface area contributed by atoms with Gasteiger partial charge in [0.05, 0.1) is 0 Å². The van der Waals surface area contributed by atoms with Crippen LogP contribution in [0.5, 0.6) is 0 Å². The number of amides is 2. The van der Waals surface area contributed by atoms with Gasteiger partial charge in [-0.15, -0.1) is 6.58 Å². The molecule has 1 heterocycles. The first-order chi connectivity index (χ1) is 10.0. The standard InChI is InChI=1S/C16H17NO4/c1-2-9-16(15(20)21)10-6-11-17(14(16)19)13(18)12-7-4-3-5-8-12/h2-5,7-8H,1,6,9-11H2,(H,20,21). The number of allylic oxidation sites excluding steroid dienone is 1.